The fraction of sp³-hybridized carbons (Fsp3) is 0.310. The Balaban J connectivity index is 2.18. The summed E-state index contributed by atoms with van der Waals surface area (Å²) < 4.78 is 34.5. The van der Waals surface area contributed by atoms with Gasteiger partial charge in [0.2, 0.25) is 11.8 Å². The van der Waals surface area contributed by atoms with Crippen molar-refractivity contribution in [2.45, 2.75) is 44.7 Å². The second-order valence-corrected chi connectivity index (χ2v) is 12.2. The molecule has 0 aliphatic rings. The number of aryl methyl sites for hydroxylation is 1. The largest absolute Gasteiger partial charge is 0.495 e. The number of hydrogen-bond acceptors (Lipinski definition) is 7. The Hall–Kier alpha value is -3.87. The van der Waals surface area contributed by atoms with E-state index in [0.717, 1.165) is 10.4 Å². The maximum absolute atomic E-state index is 14.2. The number of rotatable bonds is 13. The lowest BCUT2D eigenvalue weighted by Gasteiger charge is -2.33. The van der Waals surface area contributed by atoms with Gasteiger partial charge in [-0.15, -0.1) is 0 Å². The highest BCUT2D eigenvalue weighted by Gasteiger charge is 2.35. The number of methoxy groups -OCH3 is 1. The predicted octanol–water partition coefficient (Wildman–Crippen LogP) is 5.36. The number of sulfonamides is 1. The van der Waals surface area contributed by atoms with E-state index in [1.54, 1.807) is 38.1 Å². The molecule has 0 saturated heterocycles. The van der Waals surface area contributed by atoms with Crippen LogP contribution in [0, 0.1) is 17.0 Å². The molecule has 230 valence electrons. The van der Waals surface area contributed by atoms with Crippen molar-refractivity contribution in [2.75, 3.05) is 24.5 Å². The van der Waals surface area contributed by atoms with E-state index in [4.69, 9.17) is 27.9 Å². The summed E-state index contributed by atoms with van der Waals surface area (Å²) >= 11 is 12.3. The Morgan fingerprint density at radius 2 is 1.67 bits per heavy atom. The van der Waals surface area contributed by atoms with Crippen molar-refractivity contribution in [3.63, 3.8) is 0 Å². The van der Waals surface area contributed by atoms with Crippen LogP contribution in [0.15, 0.2) is 65.6 Å². The third-order valence-corrected chi connectivity index (χ3v) is 8.90. The fourth-order valence-electron chi connectivity index (χ4n) is 4.44. The van der Waals surface area contributed by atoms with Crippen LogP contribution in [0.1, 0.15) is 31.4 Å². The molecule has 0 spiro atoms. The number of nitro groups is 1. The highest BCUT2D eigenvalue weighted by Crippen LogP contribution is 2.36. The maximum Gasteiger partial charge on any atom is 0.273 e. The Kier molecular flexibility index (Phi) is 11.4. The monoisotopic (exact) mass is 650 g/mol. The minimum absolute atomic E-state index is 0.0256. The summed E-state index contributed by atoms with van der Waals surface area (Å²) in [6.07, 6.45) is 0.239. The SMILES string of the molecule is CCNC(=O)C(CC)N(Cc1ccc(Cl)cc1)C(=O)CN(c1cc(Cl)ccc1OC)S(=O)(=O)c1ccc(C)c([N+](=O)[O-])c1. The number of nitrogens with one attached hydrogen (secondary N) is 1. The lowest BCUT2D eigenvalue weighted by atomic mass is 10.1. The summed E-state index contributed by atoms with van der Waals surface area (Å²) in [4.78, 5) is 39.0. The zero-order valence-electron chi connectivity index (χ0n) is 24.0. The Morgan fingerprint density at radius 3 is 2.26 bits per heavy atom. The lowest BCUT2D eigenvalue weighted by molar-refractivity contribution is -0.385. The van der Waals surface area contributed by atoms with Gasteiger partial charge in [0.15, 0.2) is 0 Å². The number of anilines is 1. The molecule has 0 heterocycles. The number of halogens is 2. The number of carbonyl (C=O) groups excluding carboxylic acids is 2. The van der Waals surface area contributed by atoms with E-state index < -0.39 is 49.9 Å². The average Bonchev–Trinajstić information content (AvgIpc) is 2.96. The predicted molar refractivity (Wildman–Crippen MR) is 165 cm³/mol. The van der Waals surface area contributed by atoms with Crippen LogP contribution in [0.2, 0.25) is 10.0 Å². The third kappa shape index (κ3) is 7.95. The molecule has 3 aromatic carbocycles. The smallest absolute Gasteiger partial charge is 0.273 e. The molecule has 0 aliphatic carbocycles. The quantitative estimate of drug-likeness (QED) is 0.194. The Labute approximate surface area is 260 Å². The first-order valence-electron chi connectivity index (χ1n) is 13.3. The molecule has 0 radical (unpaired) electrons. The summed E-state index contributed by atoms with van der Waals surface area (Å²) in [5.41, 5.74) is 0.444. The van der Waals surface area contributed by atoms with E-state index in [1.165, 1.54) is 49.3 Å². The summed E-state index contributed by atoms with van der Waals surface area (Å²) in [6, 6.07) is 13.5. The van der Waals surface area contributed by atoms with Gasteiger partial charge >= 0.3 is 0 Å². The van der Waals surface area contributed by atoms with Crippen LogP contribution in [0.25, 0.3) is 0 Å². The second kappa shape index (κ2) is 14.5. The number of ether oxygens (including phenoxy) is 1. The molecule has 1 unspecified atom stereocenters. The van der Waals surface area contributed by atoms with Gasteiger partial charge in [0.05, 0.1) is 22.6 Å². The number of benzene rings is 3. The van der Waals surface area contributed by atoms with Crippen LogP contribution < -0.4 is 14.4 Å². The number of nitro benzene ring substituents is 1. The van der Waals surface area contributed by atoms with Gasteiger partial charge in [-0.25, -0.2) is 8.42 Å². The minimum atomic E-state index is -4.62. The first kappa shape index (κ1) is 33.6. The van der Waals surface area contributed by atoms with Crippen molar-refractivity contribution >= 4 is 56.4 Å². The van der Waals surface area contributed by atoms with Crippen LogP contribution in [0.3, 0.4) is 0 Å². The molecule has 0 aromatic heterocycles. The molecule has 0 bridgehead atoms. The molecule has 0 fully saturated rings. The van der Waals surface area contributed by atoms with Gasteiger partial charge in [0.25, 0.3) is 15.7 Å². The fourth-order valence-corrected chi connectivity index (χ4v) is 6.17. The molecule has 1 atom stereocenters. The summed E-state index contributed by atoms with van der Waals surface area (Å²) in [5, 5.41) is 15.0. The zero-order chi connectivity index (χ0) is 31.9. The number of nitrogens with zero attached hydrogens (tertiary/aromatic N) is 3. The van der Waals surface area contributed by atoms with Crippen LogP contribution in [0.5, 0.6) is 5.75 Å². The van der Waals surface area contributed by atoms with E-state index in [1.807, 2.05) is 0 Å². The number of carbonyl (C=O) groups is 2. The van der Waals surface area contributed by atoms with E-state index in [0.29, 0.717) is 17.1 Å². The molecule has 3 aromatic rings. The number of hydrogen-bond donors (Lipinski definition) is 1. The van der Waals surface area contributed by atoms with Gasteiger partial charge in [-0.2, -0.15) is 0 Å². The van der Waals surface area contributed by atoms with Gasteiger partial charge in [-0.1, -0.05) is 48.3 Å². The molecular weight excluding hydrogens is 619 g/mol. The van der Waals surface area contributed by atoms with Gasteiger partial charge < -0.3 is 15.0 Å². The van der Waals surface area contributed by atoms with E-state index in [2.05, 4.69) is 5.32 Å². The van der Waals surface area contributed by atoms with E-state index >= 15 is 0 Å². The first-order valence-corrected chi connectivity index (χ1v) is 15.5. The molecule has 0 saturated carbocycles. The number of amides is 2. The van der Waals surface area contributed by atoms with E-state index in [9.17, 15) is 28.1 Å². The molecule has 1 N–H and O–H groups in total. The minimum Gasteiger partial charge on any atom is -0.495 e. The molecule has 3 rings (SSSR count). The molecular formula is C29H32Cl2N4O7S. The van der Waals surface area contributed by atoms with Gasteiger partial charge in [0, 0.05) is 34.8 Å². The van der Waals surface area contributed by atoms with E-state index in [-0.39, 0.29) is 35.0 Å². The van der Waals surface area contributed by atoms with Crippen molar-refractivity contribution in [3.8, 4) is 5.75 Å². The number of likely N-dealkylation sites (N-methyl/N-ethyl adjacent to an activating group) is 1. The zero-order valence-corrected chi connectivity index (χ0v) is 26.4. The third-order valence-electron chi connectivity index (χ3n) is 6.66. The summed E-state index contributed by atoms with van der Waals surface area (Å²) in [7, 11) is -3.30. The molecule has 14 heteroatoms. The maximum atomic E-state index is 14.2. The van der Waals surface area contributed by atoms with Crippen molar-refractivity contribution in [1.29, 1.82) is 0 Å². The van der Waals surface area contributed by atoms with Crippen molar-refractivity contribution in [2.24, 2.45) is 0 Å². The van der Waals surface area contributed by atoms with Crippen LogP contribution in [-0.2, 0) is 26.2 Å². The molecule has 2 amide bonds. The van der Waals surface area contributed by atoms with Gasteiger partial charge in [0.1, 0.15) is 18.3 Å². The van der Waals surface area contributed by atoms with Crippen molar-refractivity contribution in [3.05, 3.63) is 92.0 Å². The Bertz CT molecular complexity index is 1600. The van der Waals surface area contributed by atoms with Crippen LogP contribution >= 0.6 is 23.2 Å². The highest BCUT2D eigenvalue weighted by molar-refractivity contribution is 7.92. The van der Waals surface area contributed by atoms with Crippen molar-refractivity contribution < 1.29 is 27.7 Å². The van der Waals surface area contributed by atoms with Crippen LogP contribution in [-0.4, -0.2) is 56.3 Å². The topological polar surface area (TPSA) is 139 Å². The Morgan fingerprint density at radius 1 is 1.02 bits per heavy atom. The lowest BCUT2D eigenvalue weighted by Crippen LogP contribution is -2.52. The standard InChI is InChI=1S/C29H32Cl2N4O7S/c1-5-24(29(37)32-6-2)33(17-20-8-10-21(30)11-9-20)28(36)18-34(26-15-22(31)12-14-27(26)42-4)43(40,41)23-13-7-19(3)25(16-23)35(38)39/h7-16,24H,5-6,17-18H2,1-4H3,(H,32,37). The van der Waals surface area contributed by atoms with Crippen molar-refractivity contribution in [1.82, 2.24) is 10.2 Å². The highest BCUT2D eigenvalue weighted by atomic mass is 35.5. The van der Waals surface area contributed by atoms with Gasteiger partial charge in [-0.3, -0.25) is 24.0 Å². The molecule has 0 aliphatic heterocycles. The van der Waals surface area contributed by atoms with Gasteiger partial charge in [-0.05, 0) is 62.2 Å². The summed E-state index contributed by atoms with van der Waals surface area (Å²) in [6.45, 7) is 4.49. The summed E-state index contributed by atoms with van der Waals surface area (Å²) in [5.74, 6) is -1.03. The average molecular weight is 652 g/mol. The normalized spacial score (nSPS) is 11.9. The molecule has 43 heavy (non-hydrogen) atoms. The second-order valence-electron chi connectivity index (χ2n) is 9.50. The van der Waals surface area contributed by atoms with Crippen LogP contribution in [0.4, 0.5) is 11.4 Å². The molecule has 11 nitrogen and oxygen atoms in total. The first-order chi connectivity index (χ1) is 20.3.